The van der Waals surface area contributed by atoms with E-state index in [1.54, 1.807) is 11.3 Å². The molecular formula is C69H44N4OS2. The molecule has 0 bridgehead atoms. The van der Waals surface area contributed by atoms with Crippen molar-refractivity contribution in [1.29, 1.82) is 0 Å². The Hall–Kier alpha value is -9.53. The minimum absolute atomic E-state index is 0.808. The number of rotatable bonds is 10. The molecule has 0 aliphatic rings. The molecule has 0 N–H and O–H groups in total. The molecule has 0 spiro atoms. The lowest BCUT2D eigenvalue weighted by Crippen LogP contribution is -2.13. The zero-order valence-corrected chi connectivity index (χ0v) is 42.6. The van der Waals surface area contributed by atoms with Crippen LogP contribution in [0.2, 0.25) is 0 Å². The molecular weight excluding hydrogens is 965 g/mol. The van der Waals surface area contributed by atoms with Gasteiger partial charge in [0.1, 0.15) is 5.58 Å². The molecule has 0 saturated heterocycles. The number of para-hydroxylation sites is 3. The van der Waals surface area contributed by atoms with Crippen molar-refractivity contribution in [1.82, 2.24) is 4.98 Å². The summed E-state index contributed by atoms with van der Waals surface area (Å²) < 4.78 is 12.1. The standard InChI is InChI=1S/C69H44N4OS2/c1-4-17-49(18-5-1)71(54-34-37-65-61(41-54)68-66(75-65)25-14-38-70-68)52-30-26-46(27-31-52)48-29-36-63-59(40-48)60-42-56(72(50-19-6-2-7-20-50)53-32-28-45-15-10-11-16-47(45)39-53)43-62(69(60)74-63)73(51-21-8-3-9-22-51)55-33-35-58-57-23-12-13-24-64(57)76-67(58)44-55/h1-44H. The molecule has 4 heterocycles. The van der Waals surface area contributed by atoms with Gasteiger partial charge in [-0.25, -0.2) is 0 Å². The van der Waals surface area contributed by atoms with Gasteiger partial charge in [-0.2, -0.15) is 0 Å². The van der Waals surface area contributed by atoms with Crippen molar-refractivity contribution in [2.45, 2.75) is 0 Å². The molecule has 7 heteroatoms. The second-order valence-corrected chi connectivity index (χ2v) is 21.3. The number of pyridine rings is 1. The minimum atomic E-state index is 0.808. The van der Waals surface area contributed by atoms with Crippen LogP contribution in [0.15, 0.2) is 271 Å². The first-order valence-corrected chi connectivity index (χ1v) is 27.1. The van der Waals surface area contributed by atoms with Crippen LogP contribution in [0.1, 0.15) is 0 Å². The van der Waals surface area contributed by atoms with Gasteiger partial charge < -0.3 is 19.1 Å². The highest BCUT2D eigenvalue weighted by molar-refractivity contribution is 7.26. The third-order valence-electron chi connectivity index (χ3n) is 14.6. The molecule has 0 aliphatic heterocycles. The maximum Gasteiger partial charge on any atom is 0.159 e. The van der Waals surface area contributed by atoms with Gasteiger partial charge in [0.05, 0.1) is 15.9 Å². The summed E-state index contributed by atoms with van der Waals surface area (Å²) in [6.45, 7) is 0. The fourth-order valence-electron chi connectivity index (χ4n) is 11.1. The summed E-state index contributed by atoms with van der Waals surface area (Å²) in [6.07, 6.45) is 1.88. The number of thiophene rings is 2. The van der Waals surface area contributed by atoms with Gasteiger partial charge in [-0.15, -0.1) is 22.7 Å². The number of nitrogens with zero attached hydrogens (tertiary/aromatic N) is 4. The van der Waals surface area contributed by atoms with Crippen LogP contribution in [-0.2, 0) is 0 Å². The summed E-state index contributed by atoms with van der Waals surface area (Å²) in [5.74, 6) is 0. The molecule has 0 amide bonds. The van der Waals surface area contributed by atoms with Crippen molar-refractivity contribution < 1.29 is 4.42 Å². The Balaban J connectivity index is 0.915. The normalized spacial score (nSPS) is 11.7. The molecule has 4 aromatic heterocycles. The van der Waals surface area contributed by atoms with Crippen LogP contribution in [0, 0.1) is 0 Å². The Morgan fingerprint density at radius 1 is 0.303 bits per heavy atom. The summed E-state index contributed by atoms with van der Waals surface area (Å²) >= 11 is 3.62. The van der Waals surface area contributed by atoms with Gasteiger partial charge in [0, 0.05) is 92.7 Å². The fraction of sp³-hybridized carbons (Fsp3) is 0. The first kappa shape index (κ1) is 44.0. The molecule has 0 radical (unpaired) electrons. The smallest absolute Gasteiger partial charge is 0.159 e. The largest absolute Gasteiger partial charge is 0.454 e. The Labute approximate surface area is 446 Å². The van der Waals surface area contributed by atoms with Crippen molar-refractivity contribution in [3.8, 4) is 11.1 Å². The molecule has 0 aliphatic carbocycles. The number of benzene rings is 11. The summed E-state index contributed by atoms with van der Waals surface area (Å²) in [6, 6.07) is 94.0. The van der Waals surface area contributed by atoms with Gasteiger partial charge in [0.2, 0.25) is 0 Å². The summed E-state index contributed by atoms with van der Waals surface area (Å²) in [5, 5.41) is 8.13. The lowest BCUT2D eigenvalue weighted by atomic mass is 10.0. The molecule has 0 unspecified atom stereocenters. The Bertz CT molecular complexity index is 4660. The maximum atomic E-state index is 7.17. The van der Waals surface area contributed by atoms with Gasteiger partial charge in [-0.3, -0.25) is 4.98 Å². The number of aromatic nitrogens is 1. The van der Waals surface area contributed by atoms with Gasteiger partial charge in [0.25, 0.3) is 0 Å². The third-order valence-corrected chi connectivity index (χ3v) is 16.9. The van der Waals surface area contributed by atoms with Crippen LogP contribution in [-0.4, -0.2) is 4.98 Å². The Morgan fingerprint density at radius 3 is 1.64 bits per heavy atom. The highest BCUT2D eigenvalue weighted by Gasteiger charge is 2.25. The van der Waals surface area contributed by atoms with Crippen molar-refractivity contribution in [2.75, 3.05) is 14.7 Å². The van der Waals surface area contributed by atoms with E-state index in [1.807, 2.05) is 23.6 Å². The quantitative estimate of drug-likeness (QED) is 0.136. The lowest BCUT2D eigenvalue weighted by Gasteiger charge is -2.30. The van der Waals surface area contributed by atoms with E-state index in [9.17, 15) is 0 Å². The Kier molecular flexibility index (Phi) is 10.5. The van der Waals surface area contributed by atoms with Crippen LogP contribution in [0.5, 0.6) is 0 Å². The van der Waals surface area contributed by atoms with Crippen LogP contribution in [0.4, 0.5) is 51.2 Å². The van der Waals surface area contributed by atoms with Gasteiger partial charge in [0.15, 0.2) is 5.58 Å². The lowest BCUT2D eigenvalue weighted by molar-refractivity contribution is 0.669. The number of hydrogen-bond donors (Lipinski definition) is 0. The minimum Gasteiger partial charge on any atom is -0.454 e. The number of hydrogen-bond acceptors (Lipinski definition) is 7. The van der Waals surface area contributed by atoms with Crippen molar-refractivity contribution in [2.24, 2.45) is 0 Å². The molecule has 0 atom stereocenters. The van der Waals surface area contributed by atoms with Crippen LogP contribution in [0.25, 0.3) is 84.3 Å². The molecule has 5 nitrogen and oxygen atoms in total. The average molecular weight is 1010 g/mol. The highest BCUT2D eigenvalue weighted by atomic mass is 32.1. The summed E-state index contributed by atoms with van der Waals surface area (Å²) in [5.41, 5.74) is 14.2. The van der Waals surface area contributed by atoms with Crippen molar-refractivity contribution >= 4 is 147 Å². The van der Waals surface area contributed by atoms with Gasteiger partial charge in [-0.05, 0) is 155 Å². The average Bonchev–Trinajstić information content (AvgIpc) is 4.18. The molecule has 358 valence electrons. The maximum absolute atomic E-state index is 7.17. The number of furan rings is 1. The predicted octanol–water partition coefficient (Wildman–Crippen LogP) is 20.9. The molecule has 15 aromatic rings. The van der Waals surface area contributed by atoms with Gasteiger partial charge in [-0.1, -0.05) is 127 Å². The number of fused-ring (bicyclic) bond motifs is 10. The van der Waals surface area contributed by atoms with Crippen molar-refractivity contribution in [3.05, 3.63) is 267 Å². The van der Waals surface area contributed by atoms with E-state index in [4.69, 9.17) is 9.40 Å². The van der Waals surface area contributed by atoms with Gasteiger partial charge >= 0.3 is 0 Å². The molecule has 11 aromatic carbocycles. The first-order valence-electron chi connectivity index (χ1n) is 25.5. The second kappa shape index (κ2) is 18.1. The monoisotopic (exact) mass is 1010 g/mol. The van der Waals surface area contributed by atoms with E-state index >= 15 is 0 Å². The number of anilines is 9. The predicted molar refractivity (Wildman–Crippen MR) is 324 cm³/mol. The van der Waals surface area contributed by atoms with E-state index in [-0.39, 0.29) is 0 Å². The van der Waals surface area contributed by atoms with E-state index in [0.29, 0.717) is 0 Å². The van der Waals surface area contributed by atoms with E-state index < -0.39 is 0 Å². The molecule has 15 rings (SSSR count). The SMILES string of the molecule is c1ccc(N(c2ccc3ccccc3c2)c2cc(N(c3ccccc3)c3ccc4c(c3)sc3ccccc34)c3oc4ccc(-c5ccc(N(c6ccccc6)c6ccc7sc8cccnc8c7c6)cc5)cc4c3c2)cc1. The zero-order valence-electron chi connectivity index (χ0n) is 40.9. The van der Waals surface area contributed by atoms with Crippen LogP contribution >= 0.6 is 22.7 Å². The van der Waals surface area contributed by atoms with E-state index in [1.165, 1.54) is 40.3 Å². The fourth-order valence-corrected chi connectivity index (χ4v) is 13.3. The van der Waals surface area contributed by atoms with E-state index in [2.05, 4.69) is 269 Å². The van der Waals surface area contributed by atoms with Crippen molar-refractivity contribution in [3.63, 3.8) is 0 Å². The summed E-state index contributed by atoms with van der Waals surface area (Å²) in [7, 11) is 0. The molecule has 76 heavy (non-hydrogen) atoms. The summed E-state index contributed by atoms with van der Waals surface area (Å²) in [4.78, 5) is 11.9. The van der Waals surface area contributed by atoms with E-state index in [0.717, 1.165) is 95.2 Å². The van der Waals surface area contributed by atoms with Crippen LogP contribution < -0.4 is 14.7 Å². The third kappa shape index (κ3) is 7.55. The zero-order chi connectivity index (χ0) is 50.1. The molecule has 0 saturated carbocycles. The molecule has 0 fully saturated rings. The highest BCUT2D eigenvalue weighted by Crippen LogP contribution is 2.49. The second-order valence-electron chi connectivity index (χ2n) is 19.2. The topological polar surface area (TPSA) is 35.8 Å². The first-order chi connectivity index (χ1) is 37.6. The van der Waals surface area contributed by atoms with Crippen LogP contribution in [0.3, 0.4) is 0 Å². The Morgan fingerprint density at radius 2 is 0.855 bits per heavy atom.